The van der Waals surface area contributed by atoms with Crippen molar-refractivity contribution in [2.75, 3.05) is 11.9 Å². The zero-order chi connectivity index (χ0) is 13.8. The fourth-order valence-corrected chi connectivity index (χ4v) is 2.54. The average Bonchev–Trinajstić information content (AvgIpc) is 2.99. The van der Waals surface area contributed by atoms with E-state index in [2.05, 4.69) is 16.7 Å². The topological polar surface area (TPSA) is 54.3 Å². The summed E-state index contributed by atoms with van der Waals surface area (Å²) in [4.78, 5) is 12.0. The molecule has 1 aliphatic heterocycles. The van der Waals surface area contributed by atoms with Gasteiger partial charge < -0.3 is 15.1 Å². The zero-order valence-electron chi connectivity index (χ0n) is 11.3. The van der Waals surface area contributed by atoms with Crippen LogP contribution in [0.3, 0.4) is 0 Å². The van der Waals surface area contributed by atoms with Crippen molar-refractivity contribution in [3.8, 4) is 0 Å². The van der Waals surface area contributed by atoms with Crippen molar-refractivity contribution in [3.05, 3.63) is 53.5 Å². The molecule has 0 bridgehead atoms. The summed E-state index contributed by atoms with van der Waals surface area (Å²) in [6, 6.07) is 9.84. The van der Waals surface area contributed by atoms with Crippen molar-refractivity contribution in [1.29, 1.82) is 0 Å². The third-order valence-corrected chi connectivity index (χ3v) is 3.60. The van der Waals surface area contributed by atoms with Crippen LogP contribution in [0.1, 0.15) is 23.3 Å². The number of hydrogen-bond acceptors (Lipinski definition) is 3. The number of amides is 1. The Morgan fingerprint density at radius 1 is 1.30 bits per heavy atom. The molecule has 0 aliphatic carbocycles. The molecule has 0 atom stereocenters. The average molecular weight is 270 g/mol. The van der Waals surface area contributed by atoms with Crippen molar-refractivity contribution < 1.29 is 9.21 Å². The monoisotopic (exact) mass is 270 g/mol. The lowest BCUT2D eigenvalue weighted by molar-refractivity contribution is -0.116. The Morgan fingerprint density at radius 2 is 2.25 bits per heavy atom. The molecule has 0 fully saturated rings. The molecule has 3 rings (SSSR count). The Hall–Kier alpha value is -2.07. The maximum atomic E-state index is 12.0. The van der Waals surface area contributed by atoms with Gasteiger partial charge in [0.15, 0.2) is 0 Å². The molecule has 1 amide bonds. The fourth-order valence-electron chi connectivity index (χ4n) is 2.54. The summed E-state index contributed by atoms with van der Waals surface area (Å²) in [6.07, 6.45) is 3.72. The van der Waals surface area contributed by atoms with Crippen molar-refractivity contribution in [2.45, 2.75) is 25.8 Å². The number of rotatable bonds is 4. The molecule has 0 saturated heterocycles. The van der Waals surface area contributed by atoms with Gasteiger partial charge >= 0.3 is 0 Å². The van der Waals surface area contributed by atoms with E-state index in [1.165, 1.54) is 11.1 Å². The smallest absolute Gasteiger partial charge is 0.224 e. The van der Waals surface area contributed by atoms with E-state index in [0.717, 1.165) is 31.0 Å². The van der Waals surface area contributed by atoms with E-state index >= 15 is 0 Å². The number of anilines is 1. The summed E-state index contributed by atoms with van der Waals surface area (Å²) < 4.78 is 5.23. The van der Waals surface area contributed by atoms with Crippen molar-refractivity contribution in [2.24, 2.45) is 0 Å². The molecular weight excluding hydrogens is 252 g/mol. The standard InChI is InChI=1S/C16H18N2O2/c19-16(7-6-13-4-2-10-20-13)18-15-5-1-3-12-8-9-17-11-14(12)15/h1-5,10,17H,6-9,11H2,(H,18,19). The van der Waals surface area contributed by atoms with E-state index in [0.29, 0.717) is 12.8 Å². The second kappa shape index (κ2) is 5.92. The summed E-state index contributed by atoms with van der Waals surface area (Å²) >= 11 is 0. The van der Waals surface area contributed by atoms with Crippen LogP contribution < -0.4 is 10.6 Å². The predicted octanol–water partition coefficient (Wildman–Crippen LogP) is 2.50. The summed E-state index contributed by atoms with van der Waals surface area (Å²) in [5.74, 6) is 0.872. The fraction of sp³-hybridized carbons (Fsp3) is 0.312. The number of carbonyl (C=O) groups is 1. The maximum Gasteiger partial charge on any atom is 0.224 e. The molecule has 20 heavy (non-hydrogen) atoms. The molecular formula is C16H18N2O2. The molecule has 0 radical (unpaired) electrons. The van der Waals surface area contributed by atoms with E-state index in [9.17, 15) is 4.79 Å². The van der Waals surface area contributed by atoms with E-state index in [1.54, 1.807) is 6.26 Å². The second-order valence-corrected chi connectivity index (χ2v) is 5.00. The molecule has 0 unspecified atom stereocenters. The molecule has 4 nitrogen and oxygen atoms in total. The van der Waals surface area contributed by atoms with Crippen LogP contribution in [0.15, 0.2) is 41.0 Å². The SMILES string of the molecule is O=C(CCc1ccco1)Nc1cccc2c1CNCC2. The molecule has 2 heterocycles. The van der Waals surface area contributed by atoms with E-state index in [4.69, 9.17) is 4.42 Å². The molecule has 1 aromatic carbocycles. The van der Waals surface area contributed by atoms with Crippen LogP contribution in [-0.2, 0) is 24.2 Å². The number of carbonyl (C=O) groups excluding carboxylic acids is 1. The highest BCUT2D eigenvalue weighted by molar-refractivity contribution is 5.91. The molecule has 2 aromatic rings. The first kappa shape index (κ1) is 12.9. The first-order valence-corrected chi connectivity index (χ1v) is 6.96. The highest BCUT2D eigenvalue weighted by atomic mass is 16.3. The third kappa shape index (κ3) is 2.91. The second-order valence-electron chi connectivity index (χ2n) is 5.00. The lowest BCUT2D eigenvalue weighted by atomic mass is 9.99. The third-order valence-electron chi connectivity index (χ3n) is 3.60. The normalized spacial score (nSPS) is 13.8. The van der Waals surface area contributed by atoms with Gasteiger partial charge in [-0.25, -0.2) is 0 Å². The minimum absolute atomic E-state index is 0.0281. The van der Waals surface area contributed by atoms with Crippen LogP contribution in [0, 0.1) is 0 Å². The molecule has 0 spiro atoms. The highest BCUT2D eigenvalue weighted by Crippen LogP contribution is 2.23. The van der Waals surface area contributed by atoms with Gasteiger partial charge in [-0.2, -0.15) is 0 Å². The molecule has 1 aromatic heterocycles. The van der Waals surface area contributed by atoms with Gasteiger partial charge in [-0.15, -0.1) is 0 Å². The molecule has 4 heteroatoms. The van der Waals surface area contributed by atoms with Gasteiger partial charge in [-0.1, -0.05) is 12.1 Å². The predicted molar refractivity (Wildman–Crippen MR) is 77.5 cm³/mol. The van der Waals surface area contributed by atoms with Gasteiger partial charge in [0.2, 0.25) is 5.91 Å². The lowest BCUT2D eigenvalue weighted by Crippen LogP contribution is -2.25. The van der Waals surface area contributed by atoms with Crippen LogP contribution in [-0.4, -0.2) is 12.5 Å². The Kier molecular flexibility index (Phi) is 3.83. The van der Waals surface area contributed by atoms with E-state index < -0.39 is 0 Å². The first-order valence-electron chi connectivity index (χ1n) is 6.96. The number of hydrogen-bond donors (Lipinski definition) is 2. The van der Waals surface area contributed by atoms with Crippen LogP contribution in [0.25, 0.3) is 0 Å². The number of nitrogens with one attached hydrogen (secondary N) is 2. The van der Waals surface area contributed by atoms with Crippen molar-refractivity contribution >= 4 is 11.6 Å². The molecule has 2 N–H and O–H groups in total. The number of furan rings is 1. The minimum Gasteiger partial charge on any atom is -0.469 e. The van der Waals surface area contributed by atoms with E-state index in [-0.39, 0.29) is 5.91 Å². The number of fused-ring (bicyclic) bond motifs is 1. The summed E-state index contributed by atoms with van der Waals surface area (Å²) in [5, 5.41) is 6.35. The van der Waals surface area contributed by atoms with Gasteiger partial charge in [0, 0.05) is 25.1 Å². The maximum absolute atomic E-state index is 12.0. The van der Waals surface area contributed by atoms with Crippen molar-refractivity contribution in [1.82, 2.24) is 5.32 Å². The van der Waals surface area contributed by atoms with Crippen LogP contribution in [0.2, 0.25) is 0 Å². The van der Waals surface area contributed by atoms with Crippen LogP contribution in [0.4, 0.5) is 5.69 Å². The number of aryl methyl sites for hydroxylation is 1. The summed E-state index contributed by atoms with van der Waals surface area (Å²) in [7, 11) is 0. The Morgan fingerprint density at radius 3 is 3.10 bits per heavy atom. The minimum atomic E-state index is 0.0281. The Balaban J connectivity index is 1.64. The number of benzene rings is 1. The summed E-state index contributed by atoms with van der Waals surface area (Å²) in [5.41, 5.74) is 3.47. The van der Waals surface area contributed by atoms with Crippen molar-refractivity contribution in [3.63, 3.8) is 0 Å². The Bertz CT molecular complexity index is 591. The summed E-state index contributed by atoms with van der Waals surface area (Å²) in [6.45, 7) is 1.83. The van der Waals surface area contributed by atoms with Crippen LogP contribution >= 0.6 is 0 Å². The highest BCUT2D eigenvalue weighted by Gasteiger charge is 2.14. The molecule has 0 saturated carbocycles. The quantitative estimate of drug-likeness (QED) is 0.897. The zero-order valence-corrected chi connectivity index (χ0v) is 11.3. The first-order chi connectivity index (χ1) is 9.83. The lowest BCUT2D eigenvalue weighted by Gasteiger charge is -2.20. The molecule has 1 aliphatic rings. The largest absolute Gasteiger partial charge is 0.469 e. The van der Waals surface area contributed by atoms with E-state index in [1.807, 2.05) is 24.3 Å². The van der Waals surface area contributed by atoms with Gasteiger partial charge in [0.05, 0.1) is 6.26 Å². The van der Waals surface area contributed by atoms with Gasteiger partial charge in [-0.05, 0) is 42.3 Å². The van der Waals surface area contributed by atoms with Gasteiger partial charge in [0.25, 0.3) is 0 Å². The van der Waals surface area contributed by atoms with Gasteiger partial charge in [-0.3, -0.25) is 4.79 Å². The van der Waals surface area contributed by atoms with Crippen LogP contribution in [0.5, 0.6) is 0 Å². The van der Waals surface area contributed by atoms with Gasteiger partial charge in [0.1, 0.15) is 5.76 Å². The molecule has 104 valence electrons. The Labute approximate surface area is 118 Å².